The lowest BCUT2D eigenvalue weighted by Crippen LogP contribution is -2.26. The molecular formula is C12H23NO5S2. The lowest BCUT2D eigenvalue weighted by atomic mass is 10.2. The van der Waals surface area contributed by atoms with Crippen LogP contribution in [0, 0.1) is 0 Å². The Hall–Kier alpha value is -0.730. The third kappa shape index (κ3) is 12.3. The molecule has 6 nitrogen and oxygen atoms in total. The molecule has 0 amide bonds. The van der Waals surface area contributed by atoms with Gasteiger partial charge in [0, 0.05) is 11.3 Å². The molecule has 20 heavy (non-hydrogen) atoms. The van der Waals surface area contributed by atoms with Crippen LogP contribution in [0.3, 0.4) is 0 Å². The van der Waals surface area contributed by atoms with Crippen molar-refractivity contribution < 1.29 is 22.2 Å². The molecule has 0 spiro atoms. The third-order valence-electron chi connectivity index (χ3n) is 2.30. The van der Waals surface area contributed by atoms with Gasteiger partial charge in [-0.3, -0.25) is 0 Å². The van der Waals surface area contributed by atoms with Crippen LogP contribution in [0.2, 0.25) is 0 Å². The van der Waals surface area contributed by atoms with Gasteiger partial charge in [-0.05, 0) is 19.8 Å². The molecule has 0 rings (SSSR count). The molecule has 0 saturated carbocycles. The minimum Gasteiger partial charge on any atom is -0.462 e. The van der Waals surface area contributed by atoms with Crippen LogP contribution in [0.4, 0.5) is 0 Å². The first kappa shape index (κ1) is 19.3. The average molecular weight is 325 g/mol. The van der Waals surface area contributed by atoms with E-state index in [-0.39, 0.29) is 5.97 Å². The van der Waals surface area contributed by atoms with Crippen molar-refractivity contribution in [1.82, 2.24) is 4.13 Å². The predicted molar refractivity (Wildman–Crippen MR) is 79.8 cm³/mol. The molecule has 1 N–H and O–H groups in total. The summed E-state index contributed by atoms with van der Waals surface area (Å²) < 4.78 is 39.9. The van der Waals surface area contributed by atoms with Gasteiger partial charge in [-0.25, -0.2) is 17.4 Å². The molecule has 0 aromatic heterocycles. The monoisotopic (exact) mass is 325 g/mol. The quantitative estimate of drug-likeness (QED) is 0.351. The van der Waals surface area contributed by atoms with Gasteiger partial charge in [0.05, 0.1) is 12.9 Å². The zero-order valence-electron chi connectivity index (χ0n) is 12.0. The molecule has 0 saturated heterocycles. The van der Waals surface area contributed by atoms with Crippen molar-refractivity contribution in [2.45, 2.75) is 39.0 Å². The summed E-state index contributed by atoms with van der Waals surface area (Å²) in [5.74, 6) is -0.0511. The fourth-order valence-electron chi connectivity index (χ4n) is 1.36. The van der Waals surface area contributed by atoms with Crippen LogP contribution in [0.1, 0.15) is 39.0 Å². The van der Waals surface area contributed by atoms with E-state index in [4.69, 9.17) is 4.74 Å². The fourth-order valence-corrected chi connectivity index (χ4v) is 3.51. The van der Waals surface area contributed by atoms with Gasteiger partial charge in [0.1, 0.15) is 11.0 Å². The van der Waals surface area contributed by atoms with Crippen LogP contribution < -0.4 is 4.13 Å². The molecule has 8 heteroatoms. The summed E-state index contributed by atoms with van der Waals surface area (Å²) in [6, 6.07) is 0. The van der Waals surface area contributed by atoms with Crippen molar-refractivity contribution in [2.75, 3.05) is 18.6 Å². The van der Waals surface area contributed by atoms with Crippen LogP contribution in [-0.2, 0) is 30.5 Å². The molecule has 0 aliphatic heterocycles. The molecule has 0 fully saturated rings. The molecule has 0 aliphatic rings. The molecule has 0 radical (unpaired) electrons. The highest BCUT2D eigenvalue weighted by Gasteiger charge is 2.06. The van der Waals surface area contributed by atoms with Gasteiger partial charge in [0.2, 0.25) is 10.0 Å². The minimum absolute atomic E-state index is 0.317. The highest BCUT2D eigenvalue weighted by Crippen LogP contribution is 2.04. The van der Waals surface area contributed by atoms with E-state index >= 15 is 0 Å². The number of nitrogens with one attached hydrogen (secondary N) is 1. The first-order valence-electron chi connectivity index (χ1n) is 6.41. The Morgan fingerprint density at radius 1 is 1.20 bits per heavy atom. The molecule has 118 valence electrons. The van der Waals surface area contributed by atoms with Crippen molar-refractivity contribution in [3.8, 4) is 0 Å². The summed E-state index contributed by atoms with van der Waals surface area (Å²) in [4.78, 5) is 11.1. The lowest BCUT2D eigenvalue weighted by molar-refractivity contribution is -0.139. The fraction of sp³-hybridized carbons (Fsp3) is 0.750. The minimum atomic E-state index is -3.40. The molecule has 0 aromatic rings. The maximum absolute atomic E-state index is 11.3. The van der Waals surface area contributed by atoms with Gasteiger partial charge < -0.3 is 4.74 Å². The molecule has 1 unspecified atom stereocenters. The van der Waals surface area contributed by atoms with Gasteiger partial charge in [0.25, 0.3) is 0 Å². The number of sulfonamides is 1. The second-order valence-corrected chi connectivity index (χ2v) is 7.90. The Balaban J connectivity index is 3.44. The number of carbonyl (C=O) groups is 1. The van der Waals surface area contributed by atoms with E-state index in [0.29, 0.717) is 24.4 Å². The molecule has 0 aliphatic carbocycles. The summed E-state index contributed by atoms with van der Waals surface area (Å²) in [6.07, 6.45) is 5.17. The number of unbranched alkanes of at least 4 members (excludes halogenated alkanes) is 4. The number of rotatable bonds is 11. The SMILES string of the molecule is C=C(C)C(=O)OCCCCCCCS(=O)NS(C)(=O)=O. The molecule has 0 heterocycles. The van der Waals surface area contributed by atoms with Crippen molar-refractivity contribution in [3.63, 3.8) is 0 Å². The maximum atomic E-state index is 11.3. The van der Waals surface area contributed by atoms with E-state index in [0.717, 1.165) is 31.9 Å². The van der Waals surface area contributed by atoms with Crippen LogP contribution in [0.15, 0.2) is 12.2 Å². The topological polar surface area (TPSA) is 89.5 Å². The number of esters is 1. The molecule has 0 bridgehead atoms. The molecular weight excluding hydrogens is 302 g/mol. The highest BCUT2D eigenvalue weighted by atomic mass is 32.3. The Morgan fingerprint density at radius 3 is 2.30 bits per heavy atom. The van der Waals surface area contributed by atoms with Crippen molar-refractivity contribution in [3.05, 3.63) is 12.2 Å². The molecule has 1 atom stereocenters. The largest absolute Gasteiger partial charge is 0.462 e. The number of carbonyl (C=O) groups excluding carboxylic acids is 1. The van der Waals surface area contributed by atoms with E-state index < -0.39 is 21.0 Å². The summed E-state index contributed by atoms with van der Waals surface area (Å²) in [6.45, 7) is 5.47. The van der Waals surface area contributed by atoms with Crippen LogP contribution in [0.5, 0.6) is 0 Å². The molecule has 0 aromatic carbocycles. The second-order valence-electron chi connectivity index (χ2n) is 4.59. The van der Waals surface area contributed by atoms with Gasteiger partial charge in [-0.15, -0.1) is 4.13 Å². The summed E-state index contributed by atoms with van der Waals surface area (Å²) >= 11 is 0. The highest BCUT2D eigenvalue weighted by molar-refractivity contribution is 8.01. The Morgan fingerprint density at radius 2 is 1.75 bits per heavy atom. The summed E-state index contributed by atoms with van der Waals surface area (Å²) in [5, 5.41) is 0. The Labute approximate surface area is 123 Å². The zero-order chi connectivity index (χ0) is 15.6. The normalized spacial score (nSPS) is 12.9. The number of ether oxygens (including phenoxy) is 1. The second kappa shape index (κ2) is 10.1. The van der Waals surface area contributed by atoms with Gasteiger partial charge in [-0.2, -0.15) is 0 Å². The van der Waals surface area contributed by atoms with E-state index in [1.807, 2.05) is 4.13 Å². The summed E-state index contributed by atoms with van der Waals surface area (Å²) in [7, 11) is -4.93. The van der Waals surface area contributed by atoms with E-state index in [9.17, 15) is 17.4 Å². The number of hydrogen-bond acceptors (Lipinski definition) is 5. The average Bonchev–Trinajstić information content (AvgIpc) is 2.29. The van der Waals surface area contributed by atoms with E-state index in [1.54, 1.807) is 6.92 Å². The Kier molecular flexibility index (Phi) is 9.70. The number of hydrogen-bond donors (Lipinski definition) is 1. The van der Waals surface area contributed by atoms with Gasteiger partial charge in [0.15, 0.2) is 0 Å². The van der Waals surface area contributed by atoms with Gasteiger partial charge in [-0.1, -0.05) is 25.8 Å². The smallest absolute Gasteiger partial charge is 0.333 e. The van der Waals surface area contributed by atoms with Crippen LogP contribution in [-0.4, -0.2) is 37.2 Å². The standard InChI is InChI=1S/C12H23NO5S2/c1-11(2)12(14)18-9-7-5-4-6-8-10-19(15)13-20(3,16)17/h13H,1,4-10H2,2-3H3. The third-order valence-corrected chi connectivity index (χ3v) is 4.91. The summed E-state index contributed by atoms with van der Waals surface area (Å²) in [5.41, 5.74) is 0.394. The van der Waals surface area contributed by atoms with Crippen LogP contribution in [0.25, 0.3) is 0 Å². The van der Waals surface area contributed by atoms with Crippen molar-refractivity contribution in [2.24, 2.45) is 0 Å². The zero-order valence-corrected chi connectivity index (χ0v) is 13.6. The lowest BCUT2D eigenvalue weighted by Gasteiger charge is -2.04. The first-order valence-corrected chi connectivity index (χ1v) is 9.62. The van der Waals surface area contributed by atoms with Crippen molar-refractivity contribution in [1.29, 1.82) is 0 Å². The Bertz CT molecular complexity index is 445. The van der Waals surface area contributed by atoms with E-state index in [2.05, 4.69) is 6.58 Å². The van der Waals surface area contributed by atoms with Gasteiger partial charge >= 0.3 is 5.97 Å². The predicted octanol–water partition coefficient (Wildman–Crippen LogP) is 1.27. The first-order chi connectivity index (χ1) is 9.22. The van der Waals surface area contributed by atoms with Crippen molar-refractivity contribution >= 4 is 27.0 Å². The van der Waals surface area contributed by atoms with E-state index in [1.165, 1.54) is 0 Å². The van der Waals surface area contributed by atoms with Crippen LogP contribution >= 0.6 is 0 Å². The maximum Gasteiger partial charge on any atom is 0.333 e.